The van der Waals surface area contributed by atoms with Gasteiger partial charge >= 0.3 is 0 Å². The third-order valence-corrected chi connectivity index (χ3v) is 3.32. The molecule has 1 aliphatic rings. The Balaban J connectivity index is 1.97. The smallest absolute Gasteiger partial charge is 0.286 e. The fourth-order valence-corrected chi connectivity index (χ4v) is 2.22. The standard InChI is InChI=1S/C14H15N3O3/c18-16-11-12(5-6-15-7-9-20-10-8-15)17(19)14-4-2-1-3-13(14)16/h1-6,11H,7-10H2/b6-5+. The van der Waals surface area contributed by atoms with Gasteiger partial charge in [-0.3, -0.25) is 0 Å². The quantitative estimate of drug-likeness (QED) is 0.771. The molecule has 0 unspecified atom stereocenters. The number of fused-ring (bicyclic) bond motifs is 1. The van der Waals surface area contributed by atoms with Crippen LogP contribution in [0.25, 0.3) is 17.1 Å². The summed E-state index contributed by atoms with van der Waals surface area (Å²) >= 11 is 0. The summed E-state index contributed by atoms with van der Waals surface area (Å²) in [4.78, 5) is 14.0. The first-order valence-electron chi connectivity index (χ1n) is 6.50. The van der Waals surface area contributed by atoms with Gasteiger partial charge in [0.05, 0.1) is 17.6 Å². The number of morpholine rings is 1. The third kappa shape index (κ3) is 2.37. The summed E-state index contributed by atoms with van der Waals surface area (Å²) in [6.45, 7) is 2.95. The van der Waals surface area contributed by atoms with Crippen LogP contribution in [-0.2, 0) is 4.74 Å². The minimum atomic E-state index is 0.324. The van der Waals surface area contributed by atoms with Gasteiger partial charge in [0.1, 0.15) is 11.2 Å². The van der Waals surface area contributed by atoms with Crippen LogP contribution < -0.4 is 4.43 Å². The summed E-state index contributed by atoms with van der Waals surface area (Å²) in [6, 6.07) is 6.75. The number of ether oxygens (including phenoxy) is 1. The second-order valence-electron chi connectivity index (χ2n) is 4.63. The maximum atomic E-state index is 12.2. The Morgan fingerprint density at radius 1 is 1.25 bits per heavy atom. The number of para-hydroxylation sites is 2. The average molecular weight is 273 g/mol. The monoisotopic (exact) mass is 273 g/mol. The average Bonchev–Trinajstić information content (AvgIpc) is 2.50. The Morgan fingerprint density at radius 2 is 2.00 bits per heavy atom. The molecule has 0 saturated carbocycles. The third-order valence-electron chi connectivity index (χ3n) is 3.32. The fraction of sp³-hybridized carbons (Fsp3) is 0.286. The second-order valence-corrected chi connectivity index (χ2v) is 4.63. The Bertz CT molecular complexity index is 702. The lowest BCUT2D eigenvalue weighted by molar-refractivity contribution is -0.464. The Morgan fingerprint density at radius 3 is 2.80 bits per heavy atom. The summed E-state index contributed by atoms with van der Waals surface area (Å²) in [5, 5.41) is 12.2. The molecule has 2 aromatic rings. The molecule has 104 valence electrons. The summed E-state index contributed by atoms with van der Waals surface area (Å²) in [7, 11) is 0. The number of nitrogens with zero attached hydrogens (tertiary/aromatic N) is 3. The highest BCUT2D eigenvalue weighted by Crippen LogP contribution is 2.12. The molecule has 1 aromatic carbocycles. The van der Waals surface area contributed by atoms with E-state index in [2.05, 4.69) is 4.90 Å². The lowest BCUT2D eigenvalue weighted by Gasteiger charge is -2.25. The number of aromatic nitrogens is 2. The molecule has 0 amide bonds. The van der Waals surface area contributed by atoms with Crippen molar-refractivity contribution in [3.8, 4) is 0 Å². The highest BCUT2D eigenvalue weighted by atomic mass is 16.5. The predicted octanol–water partition coefficient (Wildman–Crippen LogP) is 1.20. The lowest BCUT2D eigenvalue weighted by Crippen LogP contribution is -2.32. The highest BCUT2D eigenvalue weighted by molar-refractivity contribution is 5.73. The van der Waals surface area contributed by atoms with Gasteiger partial charge in [0.15, 0.2) is 0 Å². The fourth-order valence-electron chi connectivity index (χ4n) is 2.22. The normalized spacial score (nSPS) is 16.1. The second kappa shape index (κ2) is 5.34. The molecule has 0 spiro atoms. The van der Waals surface area contributed by atoms with Gasteiger partial charge in [0.25, 0.3) is 11.7 Å². The van der Waals surface area contributed by atoms with Crippen LogP contribution in [0.2, 0.25) is 0 Å². The van der Waals surface area contributed by atoms with Crippen LogP contribution in [0.3, 0.4) is 0 Å². The van der Waals surface area contributed by atoms with Gasteiger partial charge in [-0.1, -0.05) is 12.1 Å². The first-order chi connectivity index (χ1) is 9.75. The Kier molecular flexibility index (Phi) is 3.39. The maximum absolute atomic E-state index is 12.2. The van der Waals surface area contributed by atoms with Gasteiger partial charge in [-0.15, -0.1) is 0 Å². The highest BCUT2D eigenvalue weighted by Gasteiger charge is 2.10. The molecule has 1 saturated heterocycles. The molecule has 2 heterocycles. The van der Waals surface area contributed by atoms with Crippen LogP contribution in [0, 0.1) is 10.1 Å². The first-order valence-corrected chi connectivity index (χ1v) is 6.50. The zero-order chi connectivity index (χ0) is 13.9. The molecule has 0 radical (unpaired) electrons. The van der Waals surface area contributed by atoms with E-state index in [9.17, 15) is 10.1 Å². The van der Waals surface area contributed by atoms with Gasteiger partial charge < -0.3 is 19.6 Å². The van der Waals surface area contributed by atoms with E-state index in [1.165, 1.54) is 6.20 Å². The van der Waals surface area contributed by atoms with Gasteiger partial charge in [-0.2, -0.15) is 0 Å². The van der Waals surface area contributed by atoms with E-state index in [1.807, 2.05) is 6.20 Å². The van der Waals surface area contributed by atoms with Crippen molar-refractivity contribution in [2.45, 2.75) is 0 Å². The van der Waals surface area contributed by atoms with Crippen molar-refractivity contribution in [3.05, 3.63) is 52.5 Å². The number of benzene rings is 1. The van der Waals surface area contributed by atoms with Crippen LogP contribution in [0.15, 0.2) is 36.7 Å². The van der Waals surface area contributed by atoms with Gasteiger partial charge in [0.2, 0.25) is 0 Å². The topological polar surface area (TPSA) is 63.4 Å². The summed E-state index contributed by atoms with van der Waals surface area (Å²) < 4.78 is 6.76. The largest absolute Gasteiger partial charge is 0.805 e. The van der Waals surface area contributed by atoms with E-state index >= 15 is 0 Å². The number of hydrogen-bond acceptors (Lipinski definition) is 4. The number of hydrogen-bond donors (Lipinski definition) is 0. The summed E-state index contributed by atoms with van der Waals surface area (Å²) in [6.07, 6.45) is 4.80. The van der Waals surface area contributed by atoms with Crippen LogP contribution in [-0.4, -0.2) is 35.9 Å². The zero-order valence-corrected chi connectivity index (χ0v) is 10.9. The number of rotatable bonds is 2. The summed E-state index contributed by atoms with van der Waals surface area (Å²) in [5.41, 5.74) is 1.06. The predicted molar refractivity (Wildman–Crippen MR) is 75.5 cm³/mol. The van der Waals surface area contributed by atoms with E-state index in [0.29, 0.717) is 29.9 Å². The van der Waals surface area contributed by atoms with Crippen molar-refractivity contribution in [1.29, 1.82) is 0 Å². The molecule has 6 heteroatoms. The van der Waals surface area contributed by atoms with E-state index in [1.54, 1.807) is 30.3 Å². The maximum Gasteiger partial charge on any atom is 0.286 e. The van der Waals surface area contributed by atoms with Crippen molar-refractivity contribution in [2.75, 3.05) is 26.3 Å². The van der Waals surface area contributed by atoms with Crippen molar-refractivity contribution in [3.63, 3.8) is 0 Å². The lowest BCUT2D eigenvalue weighted by atomic mass is 10.3. The molecule has 6 nitrogen and oxygen atoms in total. The molecule has 0 aliphatic carbocycles. The molecule has 20 heavy (non-hydrogen) atoms. The van der Waals surface area contributed by atoms with Crippen molar-refractivity contribution >= 4 is 17.1 Å². The van der Waals surface area contributed by atoms with Crippen LogP contribution >= 0.6 is 0 Å². The van der Waals surface area contributed by atoms with E-state index in [-0.39, 0.29) is 0 Å². The molecule has 1 aromatic heterocycles. The van der Waals surface area contributed by atoms with Gasteiger partial charge in [-0.25, -0.2) is 0 Å². The summed E-state index contributed by atoms with van der Waals surface area (Å²) in [5.74, 6) is 0. The van der Waals surface area contributed by atoms with Gasteiger partial charge in [0, 0.05) is 30.3 Å². The molecular weight excluding hydrogens is 258 g/mol. The zero-order valence-electron chi connectivity index (χ0n) is 10.9. The van der Waals surface area contributed by atoms with Crippen molar-refractivity contribution in [2.24, 2.45) is 0 Å². The van der Waals surface area contributed by atoms with E-state index in [4.69, 9.17) is 4.74 Å². The minimum Gasteiger partial charge on any atom is -0.805 e. The van der Waals surface area contributed by atoms with E-state index in [0.717, 1.165) is 22.2 Å². The van der Waals surface area contributed by atoms with Crippen LogP contribution in [0.1, 0.15) is 5.69 Å². The minimum absolute atomic E-state index is 0.324. The molecule has 1 fully saturated rings. The van der Waals surface area contributed by atoms with Crippen molar-refractivity contribution < 1.29 is 9.16 Å². The van der Waals surface area contributed by atoms with Crippen LogP contribution in [0.4, 0.5) is 0 Å². The molecule has 0 bridgehead atoms. The molecule has 0 atom stereocenters. The SMILES string of the molecule is O=[n+]1cc(/C=C/N2CCOCC2)n([O-])c2ccccc21. The first kappa shape index (κ1) is 12.7. The molecule has 3 rings (SSSR count). The Hall–Kier alpha value is -2.34. The molecule has 1 aliphatic heterocycles. The van der Waals surface area contributed by atoms with Crippen LogP contribution in [0.5, 0.6) is 0 Å². The van der Waals surface area contributed by atoms with E-state index < -0.39 is 0 Å². The van der Waals surface area contributed by atoms with Gasteiger partial charge in [-0.05, 0) is 12.1 Å². The molecular formula is C14H15N3O3. The molecule has 0 N–H and O–H groups in total. The van der Waals surface area contributed by atoms with Crippen molar-refractivity contribution in [1.82, 2.24) is 9.63 Å². The Labute approximate surface area is 115 Å².